The summed E-state index contributed by atoms with van der Waals surface area (Å²) < 4.78 is 13.2. The Morgan fingerprint density at radius 2 is 1.89 bits per heavy atom. The van der Waals surface area contributed by atoms with E-state index in [0.29, 0.717) is 12.0 Å². The standard InChI is InChI=1S/C16H20FNS/c1-10(2)16(18-4)15-8-7-14(19-15)13-6-5-12(17)9-11(13)3/h5-10,16,18H,1-4H3. The third-order valence-electron chi connectivity index (χ3n) is 3.36. The van der Waals surface area contributed by atoms with Crippen molar-refractivity contribution in [2.75, 3.05) is 7.05 Å². The van der Waals surface area contributed by atoms with E-state index in [1.165, 1.54) is 15.8 Å². The zero-order valence-electron chi connectivity index (χ0n) is 11.8. The van der Waals surface area contributed by atoms with Gasteiger partial charge in [0.15, 0.2) is 0 Å². The van der Waals surface area contributed by atoms with Crippen LogP contribution in [0.3, 0.4) is 0 Å². The van der Waals surface area contributed by atoms with Gasteiger partial charge in [-0.15, -0.1) is 11.3 Å². The largest absolute Gasteiger partial charge is 0.312 e. The van der Waals surface area contributed by atoms with Crippen molar-refractivity contribution in [3.63, 3.8) is 0 Å². The molecule has 0 spiro atoms. The average Bonchev–Trinajstić information content (AvgIpc) is 2.78. The normalized spacial score (nSPS) is 12.9. The maximum Gasteiger partial charge on any atom is 0.123 e. The van der Waals surface area contributed by atoms with Crippen LogP contribution < -0.4 is 5.32 Å². The fourth-order valence-corrected chi connectivity index (χ4v) is 3.75. The van der Waals surface area contributed by atoms with Crippen LogP contribution in [0.5, 0.6) is 0 Å². The predicted molar refractivity (Wildman–Crippen MR) is 81.1 cm³/mol. The number of rotatable bonds is 4. The second-order valence-corrected chi connectivity index (χ2v) is 6.29. The highest BCUT2D eigenvalue weighted by Gasteiger charge is 2.16. The first kappa shape index (κ1) is 14.2. The molecule has 1 unspecified atom stereocenters. The van der Waals surface area contributed by atoms with Crippen LogP contribution in [0.1, 0.15) is 30.3 Å². The summed E-state index contributed by atoms with van der Waals surface area (Å²) in [7, 11) is 1.99. The summed E-state index contributed by atoms with van der Waals surface area (Å²) in [5, 5.41) is 3.36. The molecular formula is C16H20FNS. The Kier molecular flexibility index (Phi) is 4.38. The number of thiophene rings is 1. The molecule has 0 aliphatic carbocycles. The van der Waals surface area contributed by atoms with Gasteiger partial charge in [-0.1, -0.05) is 19.9 Å². The SMILES string of the molecule is CNC(c1ccc(-c2ccc(F)cc2C)s1)C(C)C. The second kappa shape index (κ2) is 5.85. The molecule has 0 fully saturated rings. The average molecular weight is 277 g/mol. The molecule has 0 saturated carbocycles. The van der Waals surface area contributed by atoms with Crippen LogP contribution in [0.4, 0.5) is 4.39 Å². The quantitative estimate of drug-likeness (QED) is 0.848. The van der Waals surface area contributed by atoms with E-state index in [2.05, 4.69) is 31.3 Å². The van der Waals surface area contributed by atoms with Crippen LogP contribution in [0.15, 0.2) is 30.3 Å². The third kappa shape index (κ3) is 3.04. The highest BCUT2D eigenvalue weighted by molar-refractivity contribution is 7.15. The number of hydrogen-bond donors (Lipinski definition) is 1. The molecule has 3 heteroatoms. The van der Waals surface area contributed by atoms with Crippen LogP contribution >= 0.6 is 11.3 Å². The topological polar surface area (TPSA) is 12.0 Å². The van der Waals surface area contributed by atoms with E-state index >= 15 is 0 Å². The Hall–Kier alpha value is -1.19. The minimum atomic E-state index is -0.173. The number of hydrogen-bond acceptors (Lipinski definition) is 2. The van der Waals surface area contributed by atoms with Gasteiger partial charge < -0.3 is 5.32 Å². The molecule has 0 aliphatic rings. The van der Waals surface area contributed by atoms with Crippen LogP contribution in [0, 0.1) is 18.7 Å². The van der Waals surface area contributed by atoms with Crippen molar-refractivity contribution in [1.29, 1.82) is 0 Å². The molecule has 1 nitrogen and oxygen atoms in total. The van der Waals surface area contributed by atoms with Gasteiger partial charge >= 0.3 is 0 Å². The molecule has 1 N–H and O–H groups in total. The first-order chi connectivity index (χ1) is 9.02. The number of halogens is 1. The maximum absolute atomic E-state index is 13.2. The minimum absolute atomic E-state index is 0.173. The molecule has 0 radical (unpaired) electrons. The Morgan fingerprint density at radius 3 is 2.47 bits per heavy atom. The van der Waals surface area contributed by atoms with Gasteiger partial charge in [0.05, 0.1) is 0 Å². The van der Waals surface area contributed by atoms with Gasteiger partial charge in [-0.05, 0) is 55.3 Å². The molecule has 19 heavy (non-hydrogen) atoms. The summed E-state index contributed by atoms with van der Waals surface area (Å²) in [6, 6.07) is 9.66. The minimum Gasteiger partial charge on any atom is -0.312 e. The van der Waals surface area contributed by atoms with Crippen molar-refractivity contribution in [3.8, 4) is 10.4 Å². The maximum atomic E-state index is 13.2. The van der Waals surface area contributed by atoms with Crippen LogP contribution in [-0.2, 0) is 0 Å². The molecule has 2 rings (SSSR count). The summed E-state index contributed by atoms with van der Waals surface area (Å²) in [6.07, 6.45) is 0. The summed E-state index contributed by atoms with van der Waals surface area (Å²) in [5.41, 5.74) is 2.11. The third-order valence-corrected chi connectivity index (χ3v) is 4.57. The van der Waals surface area contributed by atoms with Gasteiger partial charge in [0, 0.05) is 15.8 Å². The van der Waals surface area contributed by atoms with Crippen LogP contribution in [0.2, 0.25) is 0 Å². The Labute approximate surface area is 118 Å². The van der Waals surface area contributed by atoms with Crippen molar-refractivity contribution in [2.45, 2.75) is 26.8 Å². The van der Waals surface area contributed by atoms with Gasteiger partial charge in [-0.2, -0.15) is 0 Å². The molecule has 1 aromatic heterocycles. The Morgan fingerprint density at radius 1 is 1.16 bits per heavy atom. The fourth-order valence-electron chi connectivity index (χ4n) is 2.37. The van der Waals surface area contributed by atoms with E-state index in [-0.39, 0.29) is 5.82 Å². The Bertz CT molecular complexity index is 560. The van der Waals surface area contributed by atoms with E-state index in [1.54, 1.807) is 17.4 Å². The van der Waals surface area contributed by atoms with E-state index in [9.17, 15) is 4.39 Å². The summed E-state index contributed by atoms with van der Waals surface area (Å²) in [6.45, 7) is 6.38. The van der Waals surface area contributed by atoms with E-state index in [0.717, 1.165) is 11.1 Å². The Balaban J connectivity index is 2.35. The van der Waals surface area contributed by atoms with E-state index < -0.39 is 0 Å². The molecule has 2 aromatic rings. The van der Waals surface area contributed by atoms with Gasteiger partial charge in [0.1, 0.15) is 5.82 Å². The zero-order chi connectivity index (χ0) is 14.0. The van der Waals surface area contributed by atoms with Gasteiger partial charge in [0.25, 0.3) is 0 Å². The van der Waals surface area contributed by atoms with Crippen LogP contribution in [-0.4, -0.2) is 7.05 Å². The molecule has 0 bridgehead atoms. The molecule has 0 aliphatic heterocycles. The van der Waals surface area contributed by atoms with Crippen molar-refractivity contribution < 1.29 is 4.39 Å². The first-order valence-electron chi connectivity index (χ1n) is 6.56. The zero-order valence-corrected chi connectivity index (χ0v) is 12.6. The fraction of sp³-hybridized carbons (Fsp3) is 0.375. The molecule has 0 saturated heterocycles. The lowest BCUT2D eigenvalue weighted by Gasteiger charge is -2.18. The predicted octanol–water partition coefficient (Wildman–Crippen LogP) is 4.78. The molecule has 1 aromatic carbocycles. The van der Waals surface area contributed by atoms with E-state index in [4.69, 9.17) is 0 Å². The van der Waals surface area contributed by atoms with Gasteiger partial charge in [-0.25, -0.2) is 4.39 Å². The lowest BCUT2D eigenvalue weighted by atomic mass is 10.0. The summed E-state index contributed by atoms with van der Waals surface area (Å²) >= 11 is 1.78. The number of nitrogens with one attached hydrogen (secondary N) is 1. The molecule has 0 amide bonds. The highest BCUT2D eigenvalue weighted by Crippen LogP contribution is 2.35. The summed E-state index contributed by atoms with van der Waals surface area (Å²) in [4.78, 5) is 2.53. The molecular weight excluding hydrogens is 257 g/mol. The van der Waals surface area contributed by atoms with Crippen molar-refractivity contribution in [2.24, 2.45) is 5.92 Å². The van der Waals surface area contributed by atoms with Gasteiger partial charge in [-0.3, -0.25) is 0 Å². The monoisotopic (exact) mass is 277 g/mol. The lowest BCUT2D eigenvalue weighted by Crippen LogP contribution is -2.20. The smallest absolute Gasteiger partial charge is 0.123 e. The number of aryl methyl sites for hydroxylation is 1. The molecule has 102 valence electrons. The van der Waals surface area contributed by atoms with Crippen molar-refractivity contribution in [3.05, 3.63) is 46.6 Å². The van der Waals surface area contributed by atoms with E-state index in [1.807, 2.05) is 20.0 Å². The number of benzene rings is 1. The summed E-state index contributed by atoms with van der Waals surface area (Å²) in [5.74, 6) is 0.374. The van der Waals surface area contributed by atoms with Gasteiger partial charge in [0.2, 0.25) is 0 Å². The second-order valence-electron chi connectivity index (χ2n) is 5.17. The highest BCUT2D eigenvalue weighted by atomic mass is 32.1. The first-order valence-corrected chi connectivity index (χ1v) is 7.38. The van der Waals surface area contributed by atoms with Crippen molar-refractivity contribution >= 4 is 11.3 Å². The van der Waals surface area contributed by atoms with Crippen molar-refractivity contribution in [1.82, 2.24) is 5.32 Å². The molecule has 1 atom stereocenters. The lowest BCUT2D eigenvalue weighted by molar-refractivity contribution is 0.449. The van der Waals surface area contributed by atoms with Crippen LogP contribution in [0.25, 0.3) is 10.4 Å². The molecule has 1 heterocycles.